The van der Waals surface area contributed by atoms with E-state index >= 15 is 0 Å². The first-order chi connectivity index (χ1) is 9.74. The number of nitrogen functional groups attached to an aromatic ring is 1. The fourth-order valence-electron chi connectivity index (χ4n) is 2.20. The topological polar surface area (TPSA) is 73.6 Å². The normalized spacial score (nSPS) is 17.9. The third kappa shape index (κ3) is 5.09. The van der Waals surface area contributed by atoms with Crippen LogP contribution in [0.1, 0.15) is 25.7 Å². The standard InChI is InChI=1S/C15H22N2O3/c16-12-3-1-4-14(11-12)20-10-7-15(18)17-8-6-13-5-2-9-19-13/h1,3-4,11,13H,2,5-10,16H2,(H,17,18). The Balaban J connectivity index is 1.55. The zero-order valence-electron chi connectivity index (χ0n) is 11.6. The van der Waals surface area contributed by atoms with Crippen LogP contribution in [0.25, 0.3) is 0 Å². The molecule has 1 unspecified atom stereocenters. The van der Waals surface area contributed by atoms with Crippen molar-refractivity contribution in [3.8, 4) is 5.75 Å². The molecular formula is C15H22N2O3. The van der Waals surface area contributed by atoms with E-state index < -0.39 is 0 Å². The average Bonchev–Trinajstić information content (AvgIpc) is 2.92. The molecule has 1 amide bonds. The highest BCUT2D eigenvalue weighted by Gasteiger charge is 2.15. The van der Waals surface area contributed by atoms with Crippen LogP contribution in [0, 0.1) is 0 Å². The quantitative estimate of drug-likeness (QED) is 0.745. The lowest BCUT2D eigenvalue weighted by Crippen LogP contribution is -2.28. The Kier molecular flexibility index (Phi) is 5.68. The molecule has 1 aliphatic heterocycles. The number of amides is 1. The maximum Gasteiger partial charge on any atom is 0.223 e. The number of carbonyl (C=O) groups is 1. The van der Waals surface area contributed by atoms with E-state index in [2.05, 4.69) is 5.32 Å². The molecule has 2 rings (SSSR count). The molecule has 1 aliphatic rings. The monoisotopic (exact) mass is 278 g/mol. The van der Waals surface area contributed by atoms with E-state index in [4.69, 9.17) is 15.2 Å². The molecule has 110 valence electrons. The molecule has 1 aromatic carbocycles. The van der Waals surface area contributed by atoms with Crippen LogP contribution in [-0.2, 0) is 9.53 Å². The lowest BCUT2D eigenvalue weighted by Gasteiger charge is -2.10. The van der Waals surface area contributed by atoms with Crippen molar-refractivity contribution >= 4 is 11.6 Å². The maximum absolute atomic E-state index is 11.6. The predicted molar refractivity (Wildman–Crippen MR) is 77.6 cm³/mol. The van der Waals surface area contributed by atoms with Crippen molar-refractivity contribution in [2.75, 3.05) is 25.5 Å². The van der Waals surface area contributed by atoms with Crippen molar-refractivity contribution in [3.05, 3.63) is 24.3 Å². The van der Waals surface area contributed by atoms with Gasteiger partial charge in [0.2, 0.25) is 5.91 Å². The van der Waals surface area contributed by atoms with Gasteiger partial charge in [-0.25, -0.2) is 0 Å². The molecule has 1 atom stereocenters. The lowest BCUT2D eigenvalue weighted by molar-refractivity contribution is -0.121. The summed E-state index contributed by atoms with van der Waals surface area (Å²) in [5.74, 6) is 0.698. The van der Waals surface area contributed by atoms with Gasteiger partial charge in [-0.1, -0.05) is 6.07 Å². The summed E-state index contributed by atoms with van der Waals surface area (Å²) in [5.41, 5.74) is 6.30. The zero-order valence-corrected chi connectivity index (χ0v) is 11.6. The van der Waals surface area contributed by atoms with Gasteiger partial charge < -0.3 is 20.5 Å². The zero-order chi connectivity index (χ0) is 14.2. The summed E-state index contributed by atoms with van der Waals surface area (Å²) in [6.07, 6.45) is 3.79. The molecule has 5 nitrogen and oxygen atoms in total. The van der Waals surface area contributed by atoms with Crippen molar-refractivity contribution in [1.82, 2.24) is 5.32 Å². The summed E-state index contributed by atoms with van der Waals surface area (Å²) < 4.78 is 11.0. The fourth-order valence-corrected chi connectivity index (χ4v) is 2.20. The van der Waals surface area contributed by atoms with Crippen molar-refractivity contribution < 1.29 is 14.3 Å². The van der Waals surface area contributed by atoms with Crippen LogP contribution in [0.5, 0.6) is 5.75 Å². The van der Waals surface area contributed by atoms with Gasteiger partial charge in [0.1, 0.15) is 5.75 Å². The highest BCUT2D eigenvalue weighted by Crippen LogP contribution is 2.15. The van der Waals surface area contributed by atoms with Gasteiger partial charge in [-0.3, -0.25) is 4.79 Å². The van der Waals surface area contributed by atoms with Gasteiger partial charge in [-0.15, -0.1) is 0 Å². The van der Waals surface area contributed by atoms with Gasteiger partial charge >= 0.3 is 0 Å². The van der Waals surface area contributed by atoms with Crippen LogP contribution in [0.15, 0.2) is 24.3 Å². The molecule has 1 heterocycles. The number of hydrogen-bond acceptors (Lipinski definition) is 4. The number of nitrogens with one attached hydrogen (secondary N) is 1. The van der Waals surface area contributed by atoms with Gasteiger partial charge in [-0.05, 0) is 31.4 Å². The Morgan fingerprint density at radius 2 is 2.40 bits per heavy atom. The van der Waals surface area contributed by atoms with Crippen molar-refractivity contribution in [2.24, 2.45) is 0 Å². The smallest absolute Gasteiger partial charge is 0.223 e. The second kappa shape index (κ2) is 7.75. The van der Waals surface area contributed by atoms with Crippen LogP contribution >= 0.6 is 0 Å². The van der Waals surface area contributed by atoms with E-state index in [0.29, 0.717) is 37.1 Å². The van der Waals surface area contributed by atoms with E-state index in [1.54, 1.807) is 12.1 Å². The molecule has 1 saturated heterocycles. The van der Waals surface area contributed by atoms with E-state index in [-0.39, 0.29) is 5.91 Å². The average molecular weight is 278 g/mol. The molecule has 0 spiro atoms. The van der Waals surface area contributed by atoms with E-state index in [1.165, 1.54) is 0 Å². The highest BCUT2D eigenvalue weighted by atomic mass is 16.5. The number of ether oxygens (including phenoxy) is 2. The molecule has 0 radical (unpaired) electrons. The molecular weight excluding hydrogens is 256 g/mol. The second-order valence-corrected chi connectivity index (χ2v) is 4.94. The molecule has 1 fully saturated rings. The van der Waals surface area contributed by atoms with Crippen LogP contribution in [0.3, 0.4) is 0 Å². The minimum absolute atomic E-state index is 0.00639. The maximum atomic E-state index is 11.6. The van der Waals surface area contributed by atoms with Gasteiger partial charge in [0.05, 0.1) is 19.1 Å². The van der Waals surface area contributed by atoms with Crippen molar-refractivity contribution in [2.45, 2.75) is 31.8 Å². The number of benzene rings is 1. The minimum atomic E-state index is 0.00639. The molecule has 0 bridgehead atoms. The summed E-state index contributed by atoms with van der Waals surface area (Å²) in [6, 6.07) is 7.19. The largest absolute Gasteiger partial charge is 0.493 e. The highest BCUT2D eigenvalue weighted by molar-refractivity contribution is 5.75. The molecule has 3 N–H and O–H groups in total. The van der Waals surface area contributed by atoms with Gasteiger partial charge in [0.15, 0.2) is 0 Å². The van der Waals surface area contributed by atoms with Crippen molar-refractivity contribution in [1.29, 1.82) is 0 Å². The van der Waals surface area contributed by atoms with Gasteiger partial charge in [0, 0.05) is 24.9 Å². The molecule has 0 saturated carbocycles. The van der Waals surface area contributed by atoms with Crippen LogP contribution in [0.2, 0.25) is 0 Å². The first-order valence-corrected chi connectivity index (χ1v) is 7.10. The van der Waals surface area contributed by atoms with Crippen molar-refractivity contribution in [3.63, 3.8) is 0 Å². The number of carbonyl (C=O) groups excluding carboxylic acids is 1. The first-order valence-electron chi connectivity index (χ1n) is 7.10. The SMILES string of the molecule is Nc1cccc(OCCC(=O)NCCC2CCCO2)c1. The van der Waals surface area contributed by atoms with Crippen LogP contribution in [0.4, 0.5) is 5.69 Å². The third-order valence-corrected chi connectivity index (χ3v) is 3.27. The number of rotatable bonds is 7. The Morgan fingerprint density at radius 3 is 3.15 bits per heavy atom. The van der Waals surface area contributed by atoms with Gasteiger partial charge in [-0.2, -0.15) is 0 Å². The predicted octanol–water partition coefficient (Wildman–Crippen LogP) is 1.72. The second-order valence-electron chi connectivity index (χ2n) is 4.94. The summed E-state index contributed by atoms with van der Waals surface area (Å²) in [4.78, 5) is 11.6. The fraction of sp³-hybridized carbons (Fsp3) is 0.533. The summed E-state index contributed by atoms with van der Waals surface area (Å²) in [6.45, 7) is 1.88. The summed E-state index contributed by atoms with van der Waals surface area (Å²) >= 11 is 0. The van der Waals surface area contributed by atoms with Crippen LogP contribution in [-0.4, -0.2) is 31.8 Å². The Hall–Kier alpha value is -1.75. The van der Waals surface area contributed by atoms with Gasteiger partial charge in [0.25, 0.3) is 0 Å². The van der Waals surface area contributed by atoms with Crippen LogP contribution < -0.4 is 15.8 Å². The van der Waals surface area contributed by atoms with E-state index in [9.17, 15) is 4.79 Å². The van der Waals surface area contributed by atoms with E-state index in [0.717, 1.165) is 25.9 Å². The molecule has 20 heavy (non-hydrogen) atoms. The number of nitrogens with two attached hydrogens (primary N) is 1. The summed E-state index contributed by atoms with van der Waals surface area (Å²) in [5, 5.41) is 2.88. The third-order valence-electron chi connectivity index (χ3n) is 3.27. The molecule has 0 aliphatic carbocycles. The number of anilines is 1. The molecule has 5 heteroatoms. The number of hydrogen-bond donors (Lipinski definition) is 2. The molecule has 1 aromatic rings. The summed E-state index contributed by atoms with van der Waals surface area (Å²) in [7, 11) is 0. The lowest BCUT2D eigenvalue weighted by atomic mass is 10.2. The van der Waals surface area contributed by atoms with E-state index in [1.807, 2.05) is 12.1 Å². The Morgan fingerprint density at radius 1 is 1.50 bits per heavy atom. The first kappa shape index (κ1) is 14.7. The Labute approximate surface area is 119 Å². The minimum Gasteiger partial charge on any atom is -0.493 e. The molecule has 0 aromatic heterocycles. The Bertz CT molecular complexity index is 431.